The molecule has 1 N–H and O–H groups in total. The summed E-state index contributed by atoms with van der Waals surface area (Å²) in [7, 11) is 1.84. The topological polar surface area (TPSA) is 36.1 Å². The van der Waals surface area contributed by atoms with Crippen LogP contribution >= 0.6 is 0 Å². The molecule has 1 amide bonds. The first-order chi connectivity index (χ1) is 6.59. The second-order valence-corrected chi connectivity index (χ2v) is 4.04. The number of amides is 1. The van der Waals surface area contributed by atoms with E-state index in [4.69, 9.17) is 0 Å². The molecule has 78 valence electrons. The third-order valence-corrected chi connectivity index (χ3v) is 2.08. The second-order valence-electron chi connectivity index (χ2n) is 4.04. The van der Waals surface area contributed by atoms with Crippen LogP contribution in [0.4, 0.5) is 0 Å². The minimum absolute atomic E-state index is 0.203. The maximum absolute atomic E-state index is 11.6. The van der Waals surface area contributed by atoms with E-state index in [2.05, 4.69) is 18.8 Å². The maximum atomic E-state index is 11.6. The zero-order chi connectivity index (χ0) is 10.6. The number of hydrogen-bond acceptors (Lipinski definition) is 1. The lowest BCUT2D eigenvalue weighted by atomic mass is 10.1. The van der Waals surface area contributed by atoms with Crippen LogP contribution in [0.25, 0.3) is 0 Å². The van der Waals surface area contributed by atoms with Crippen LogP contribution in [-0.2, 0) is 11.3 Å². The molecule has 1 rings (SSSR count). The van der Waals surface area contributed by atoms with Crippen molar-refractivity contribution in [2.24, 2.45) is 5.92 Å². The Morgan fingerprint density at radius 2 is 2.29 bits per heavy atom. The summed E-state index contributed by atoms with van der Waals surface area (Å²) in [6.07, 6.45) is 2.49. The zero-order valence-corrected chi connectivity index (χ0v) is 9.08. The van der Waals surface area contributed by atoms with E-state index < -0.39 is 0 Å². The summed E-state index contributed by atoms with van der Waals surface area (Å²) in [5.74, 6) is 0.628. The van der Waals surface area contributed by atoms with Crippen LogP contribution in [0.2, 0.25) is 0 Å². The molecular formula is C11H18N2O. The Bertz CT molecular complexity index is 277. The Morgan fingerprint density at radius 3 is 2.79 bits per heavy atom. The van der Waals surface area contributed by atoms with E-state index in [9.17, 15) is 4.79 Å². The van der Waals surface area contributed by atoms with Gasteiger partial charge in [0.15, 0.2) is 0 Å². The highest BCUT2D eigenvalue weighted by Crippen LogP contribution is 2.06. The van der Waals surface area contributed by atoms with Crippen LogP contribution in [0.5, 0.6) is 0 Å². The third kappa shape index (κ3) is 3.24. The zero-order valence-electron chi connectivity index (χ0n) is 9.08. The minimum Gasteiger partial charge on any atom is -0.364 e. The van der Waals surface area contributed by atoms with Crippen molar-refractivity contribution in [2.45, 2.75) is 26.8 Å². The monoisotopic (exact) mass is 194 g/mol. The maximum Gasteiger partial charge on any atom is 0.222 e. The summed E-state index contributed by atoms with van der Waals surface area (Å²) in [6.45, 7) is 4.78. The van der Waals surface area contributed by atoms with Gasteiger partial charge < -0.3 is 9.88 Å². The molecule has 3 heteroatoms. The molecule has 0 fully saturated rings. The van der Waals surface area contributed by atoms with E-state index in [1.165, 1.54) is 0 Å². The number of aromatic amines is 1. The quantitative estimate of drug-likeness (QED) is 0.782. The first kappa shape index (κ1) is 10.8. The highest BCUT2D eigenvalue weighted by atomic mass is 16.2. The molecule has 0 bridgehead atoms. The predicted molar refractivity (Wildman–Crippen MR) is 56.7 cm³/mol. The minimum atomic E-state index is 0.203. The summed E-state index contributed by atoms with van der Waals surface area (Å²) in [4.78, 5) is 16.4. The SMILES string of the molecule is CC(C)CC(=O)N(C)Cc1ccc[nH]1. The molecule has 14 heavy (non-hydrogen) atoms. The average Bonchev–Trinajstić information content (AvgIpc) is 2.55. The smallest absolute Gasteiger partial charge is 0.222 e. The molecule has 3 nitrogen and oxygen atoms in total. The van der Waals surface area contributed by atoms with E-state index in [1.807, 2.05) is 25.4 Å². The lowest BCUT2D eigenvalue weighted by molar-refractivity contribution is -0.131. The summed E-state index contributed by atoms with van der Waals surface area (Å²) < 4.78 is 0. The van der Waals surface area contributed by atoms with Crippen molar-refractivity contribution >= 4 is 5.91 Å². The van der Waals surface area contributed by atoms with E-state index in [1.54, 1.807) is 4.90 Å². The van der Waals surface area contributed by atoms with Gasteiger partial charge in [0.2, 0.25) is 5.91 Å². The van der Waals surface area contributed by atoms with Crippen molar-refractivity contribution < 1.29 is 4.79 Å². The molecule has 0 aliphatic heterocycles. The number of hydrogen-bond donors (Lipinski definition) is 1. The molecule has 0 radical (unpaired) electrons. The number of carbonyl (C=O) groups is 1. The van der Waals surface area contributed by atoms with Gasteiger partial charge in [-0.25, -0.2) is 0 Å². The van der Waals surface area contributed by atoms with Crippen molar-refractivity contribution in [3.63, 3.8) is 0 Å². The number of rotatable bonds is 4. The van der Waals surface area contributed by atoms with Gasteiger partial charge in [0.1, 0.15) is 0 Å². The normalized spacial score (nSPS) is 10.6. The number of nitrogens with one attached hydrogen (secondary N) is 1. The molecule has 1 heterocycles. The predicted octanol–water partition coefficient (Wildman–Crippen LogP) is 2.02. The van der Waals surface area contributed by atoms with Gasteiger partial charge in [0, 0.05) is 25.4 Å². The first-order valence-electron chi connectivity index (χ1n) is 4.96. The number of nitrogens with zero attached hydrogens (tertiary/aromatic N) is 1. The summed E-state index contributed by atoms with van der Waals surface area (Å²) in [6, 6.07) is 3.93. The number of H-pyrrole nitrogens is 1. The van der Waals surface area contributed by atoms with Crippen LogP contribution in [0.1, 0.15) is 26.0 Å². The Hall–Kier alpha value is -1.25. The fourth-order valence-electron chi connectivity index (χ4n) is 1.31. The number of aromatic nitrogens is 1. The molecule has 0 saturated carbocycles. The van der Waals surface area contributed by atoms with Crippen molar-refractivity contribution in [1.82, 2.24) is 9.88 Å². The summed E-state index contributed by atoms with van der Waals surface area (Å²) >= 11 is 0. The molecule has 0 spiro atoms. The second kappa shape index (κ2) is 4.84. The molecular weight excluding hydrogens is 176 g/mol. The largest absolute Gasteiger partial charge is 0.364 e. The van der Waals surface area contributed by atoms with Gasteiger partial charge in [-0.3, -0.25) is 4.79 Å². The summed E-state index contributed by atoms with van der Waals surface area (Å²) in [5.41, 5.74) is 1.07. The van der Waals surface area contributed by atoms with Crippen LogP contribution < -0.4 is 0 Å². The van der Waals surface area contributed by atoms with Crippen molar-refractivity contribution in [1.29, 1.82) is 0 Å². The van der Waals surface area contributed by atoms with Crippen LogP contribution in [0, 0.1) is 5.92 Å². The molecule has 0 aromatic carbocycles. The van der Waals surface area contributed by atoms with Gasteiger partial charge in [-0.05, 0) is 18.1 Å². The van der Waals surface area contributed by atoms with Gasteiger partial charge in [-0.2, -0.15) is 0 Å². The fourth-order valence-corrected chi connectivity index (χ4v) is 1.31. The Morgan fingerprint density at radius 1 is 1.57 bits per heavy atom. The van der Waals surface area contributed by atoms with E-state index in [-0.39, 0.29) is 5.91 Å². The third-order valence-electron chi connectivity index (χ3n) is 2.08. The lowest BCUT2D eigenvalue weighted by Crippen LogP contribution is -2.27. The lowest BCUT2D eigenvalue weighted by Gasteiger charge is -2.17. The molecule has 0 unspecified atom stereocenters. The average molecular weight is 194 g/mol. The van der Waals surface area contributed by atoms with Crippen molar-refractivity contribution in [2.75, 3.05) is 7.05 Å². The Labute approximate surface area is 85.1 Å². The molecule has 1 aromatic rings. The van der Waals surface area contributed by atoms with Gasteiger partial charge in [-0.15, -0.1) is 0 Å². The Balaban J connectivity index is 2.42. The van der Waals surface area contributed by atoms with Crippen LogP contribution in [0.15, 0.2) is 18.3 Å². The van der Waals surface area contributed by atoms with E-state index in [0.29, 0.717) is 18.9 Å². The highest BCUT2D eigenvalue weighted by molar-refractivity contribution is 5.75. The standard InChI is InChI=1S/C11H18N2O/c1-9(2)7-11(14)13(3)8-10-5-4-6-12-10/h4-6,9,12H,7-8H2,1-3H3. The Kier molecular flexibility index (Phi) is 3.74. The van der Waals surface area contributed by atoms with E-state index >= 15 is 0 Å². The first-order valence-corrected chi connectivity index (χ1v) is 4.96. The van der Waals surface area contributed by atoms with Gasteiger partial charge in [0.05, 0.1) is 6.54 Å². The van der Waals surface area contributed by atoms with Crippen molar-refractivity contribution in [3.8, 4) is 0 Å². The van der Waals surface area contributed by atoms with E-state index in [0.717, 1.165) is 5.69 Å². The fraction of sp³-hybridized carbons (Fsp3) is 0.545. The molecule has 0 aliphatic rings. The molecule has 0 aliphatic carbocycles. The van der Waals surface area contributed by atoms with Gasteiger partial charge >= 0.3 is 0 Å². The van der Waals surface area contributed by atoms with Gasteiger partial charge in [-0.1, -0.05) is 13.8 Å². The molecule has 1 aromatic heterocycles. The molecule has 0 atom stereocenters. The highest BCUT2D eigenvalue weighted by Gasteiger charge is 2.10. The van der Waals surface area contributed by atoms with Gasteiger partial charge in [0.25, 0.3) is 0 Å². The number of carbonyl (C=O) groups excluding carboxylic acids is 1. The van der Waals surface area contributed by atoms with Crippen LogP contribution in [0.3, 0.4) is 0 Å². The summed E-state index contributed by atoms with van der Waals surface area (Å²) in [5, 5.41) is 0. The van der Waals surface area contributed by atoms with Crippen molar-refractivity contribution in [3.05, 3.63) is 24.0 Å². The van der Waals surface area contributed by atoms with Crippen LogP contribution in [-0.4, -0.2) is 22.8 Å². The molecule has 0 saturated heterocycles.